The van der Waals surface area contributed by atoms with Gasteiger partial charge in [-0.3, -0.25) is 13.9 Å². The Morgan fingerprint density at radius 2 is 1.33 bits per heavy atom. The molecular formula is C23H25N3O8S2. The highest BCUT2D eigenvalue weighted by atomic mass is 32.2. The summed E-state index contributed by atoms with van der Waals surface area (Å²) in [5, 5.41) is 0. The molecular weight excluding hydrogens is 510 g/mol. The number of nitrogens with two attached hydrogens (primary N) is 1. The van der Waals surface area contributed by atoms with E-state index in [-0.39, 0.29) is 17.2 Å². The molecule has 0 spiro atoms. The van der Waals surface area contributed by atoms with Crippen LogP contribution in [0.4, 0.5) is 17.1 Å². The molecule has 0 unspecified atom stereocenters. The van der Waals surface area contributed by atoms with Gasteiger partial charge in [0.1, 0.15) is 21.3 Å². The van der Waals surface area contributed by atoms with E-state index < -0.39 is 46.9 Å². The number of carbonyl (C=O) groups excluding carboxylic acids is 1. The second-order valence-corrected chi connectivity index (χ2v) is 11.6. The standard InChI is InChI=1S/C23H25N3O8S2/c1-23(2,3)22(27)14-5-4-6-16(11-14)25-26-17-8-10-19(21(13-17)36(31,32)33)34-18-9-7-15(24)12-20(18)35(28,29)30/h4-13,25-26H,24H2,1-3H3,(H,28,29,30)(H,31,32,33). The lowest BCUT2D eigenvalue weighted by molar-refractivity contribution is 0.0858. The maximum atomic E-state index is 12.5. The van der Waals surface area contributed by atoms with Gasteiger partial charge in [-0.1, -0.05) is 32.9 Å². The van der Waals surface area contributed by atoms with Crippen LogP contribution in [0, 0.1) is 5.41 Å². The van der Waals surface area contributed by atoms with Gasteiger partial charge in [0, 0.05) is 16.7 Å². The summed E-state index contributed by atoms with van der Waals surface area (Å²) in [7, 11) is -9.58. The van der Waals surface area contributed by atoms with E-state index in [0.717, 1.165) is 18.2 Å². The van der Waals surface area contributed by atoms with Crippen LogP contribution in [0.3, 0.4) is 0 Å². The summed E-state index contributed by atoms with van der Waals surface area (Å²) in [5.41, 5.74) is 11.8. The van der Waals surface area contributed by atoms with Gasteiger partial charge < -0.3 is 21.3 Å². The fourth-order valence-corrected chi connectivity index (χ4v) is 4.41. The van der Waals surface area contributed by atoms with E-state index in [1.165, 1.54) is 18.2 Å². The van der Waals surface area contributed by atoms with Crippen molar-refractivity contribution in [1.29, 1.82) is 0 Å². The Morgan fingerprint density at radius 1 is 0.806 bits per heavy atom. The average Bonchev–Trinajstić information content (AvgIpc) is 2.77. The zero-order chi connectivity index (χ0) is 26.9. The Balaban J connectivity index is 1.90. The van der Waals surface area contributed by atoms with Gasteiger partial charge in [-0.15, -0.1) is 0 Å². The van der Waals surface area contributed by atoms with Gasteiger partial charge in [0.05, 0.1) is 11.4 Å². The molecule has 0 radical (unpaired) electrons. The average molecular weight is 536 g/mol. The lowest BCUT2D eigenvalue weighted by atomic mass is 9.86. The predicted octanol–water partition coefficient (Wildman–Crippen LogP) is 4.22. The number of benzene rings is 3. The third-order valence-electron chi connectivity index (χ3n) is 4.84. The molecule has 36 heavy (non-hydrogen) atoms. The fourth-order valence-electron chi connectivity index (χ4n) is 3.12. The zero-order valence-corrected chi connectivity index (χ0v) is 21.1. The van der Waals surface area contributed by atoms with Gasteiger partial charge in [0.15, 0.2) is 5.78 Å². The van der Waals surface area contributed by atoms with Crippen LogP contribution >= 0.6 is 0 Å². The Morgan fingerprint density at radius 3 is 1.89 bits per heavy atom. The normalized spacial score (nSPS) is 12.1. The van der Waals surface area contributed by atoms with E-state index in [9.17, 15) is 30.7 Å². The SMILES string of the molecule is CC(C)(C)C(=O)c1cccc(NNc2ccc(Oc3ccc(N)cc3S(=O)(=O)O)c(S(=O)(=O)O)c2)c1. The molecule has 3 aromatic carbocycles. The number of nitrogens with one attached hydrogen (secondary N) is 2. The molecule has 13 heteroatoms. The maximum absolute atomic E-state index is 12.5. The first kappa shape index (κ1) is 26.9. The highest BCUT2D eigenvalue weighted by Crippen LogP contribution is 2.35. The van der Waals surface area contributed by atoms with Gasteiger partial charge in [-0.2, -0.15) is 16.8 Å². The quantitative estimate of drug-likeness (QED) is 0.120. The summed E-state index contributed by atoms with van der Waals surface area (Å²) in [6.45, 7) is 5.41. The molecule has 3 aromatic rings. The Bertz CT molecular complexity index is 1530. The van der Waals surface area contributed by atoms with Crippen LogP contribution in [0.1, 0.15) is 31.1 Å². The molecule has 0 aliphatic rings. The molecule has 0 saturated heterocycles. The molecule has 0 fully saturated rings. The third-order valence-corrected chi connectivity index (χ3v) is 6.59. The molecule has 0 saturated carbocycles. The van der Waals surface area contributed by atoms with E-state index in [1.54, 1.807) is 45.0 Å². The number of rotatable bonds is 8. The van der Waals surface area contributed by atoms with Gasteiger partial charge in [0.25, 0.3) is 20.2 Å². The summed E-state index contributed by atoms with van der Waals surface area (Å²) in [4.78, 5) is 11.2. The molecule has 0 bridgehead atoms. The molecule has 0 atom stereocenters. The topological polar surface area (TPSA) is 185 Å². The van der Waals surface area contributed by atoms with Crippen molar-refractivity contribution in [2.45, 2.75) is 30.6 Å². The Labute approximate surface area is 208 Å². The summed E-state index contributed by atoms with van der Waals surface area (Å²) < 4.78 is 72.0. The van der Waals surface area contributed by atoms with Gasteiger partial charge in [0.2, 0.25) is 0 Å². The second kappa shape index (κ2) is 9.78. The van der Waals surface area contributed by atoms with E-state index >= 15 is 0 Å². The van der Waals surface area contributed by atoms with Crippen molar-refractivity contribution in [3.63, 3.8) is 0 Å². The Hall–Kier alpha value is -3.65. The number of Topliss-reactive ketones (excluding diaryl/α,β-unsaturated/α-hetero) is 1. The number of nitrogen functional groups attached to an aromatic ring is 1. The largest absolute Gasteiger partial charge is 0.454 e. The molecule has 0 aliphatic carbocycles. The predicted molar refractivity (Wildman–Crippen MR) is 134 cm³/mol. The first-order valence-electron chi connectivity index (χ1n) is 10.4. The minimum Gasteiger partial charge on any atom is -0.454 e. The molecule has 0 aromatic heterocycles. The van der Waals surface area contributed by atoms with E-state index in [4.69, 9.17) is 10.5 Å². The molecule has 11 nitrogen and oxygen atoms in total. The summed E-state index contributed by atoms with van der Waals surface area (Å²) in [5.74, 6) is -0.875. The fraction of sp³-hybridized carbons (Fsp3) is 0.174. The lowest BCUT2D eigenvalue weighted by Gasteiger charge is -2.18. The van der Waals surface area contributed by atoms with E-state index in [2.05, 4.69) is 10.9 Å². The third kappa shape index (κ3) is 6.51. The highest BCUT2D eigenvalue weighted by Gasteiger charge is 2.24. The minimum absolute atomic E-state index is 0.0175. The van der Waals surface area contributed by atoms with Gasteiger partial charge in [-0.05, 0) is 48.5 Å². The first-order chi connectivity index (χ1) is 16.6. The van der Waals surface area contributed by atoms with Crippen LogP contribution < -0.4 is 21.3 Å². The van der Waals surface area contributed by atoms with Crippen LogP contribution in [0.25, 0.3) is 0 Å². The van der Waals surface area contributed by atoms with Crippen LogP contribution in [-0.4, -0.2) is 31.7 Å². The van der Waals surface area contributed by atoms with Crippen molar-refractivity contribution in [3.05, 3.63) is 66.2 Å². The van der Waals surface area contributed by atoms with Crippen LogP contribution in [0.15, 0.2) is 70.5 Å². The van der Waals surface area contributed by atoms with Crippen molar-refractivity contribution in [1.82, 2.24) is 0 Å². The summed E-state index contributed by atoms with van der Waals surface area (Å²) in [6.07, 6.45) is 0. The van der Waals surface area contributed by atoms with E-state index in [0.29, 0.717) is 11.3 Å². The summed E-state index contributed by atoms with van der Waals surface area (Å²) in [6, 6.07) is 13.7. The molecule has 192 valence electrons. The van der Waals surface area contributed by atoms with Crippen molar-refractivity contribution >= 4 is 43.1 Å². The number of ketones is 1. The number of hydrogen-bond acceptors (Lipinski definition) is 9. The summed E-state index contributed by atoms with van der Waals surface area (Å²) >= 11 is 0. The maximum Gasteiger partial charge on any atom is 0.298 e. The highest BCUT2D eigenvalue weighted by molar-refractivity contribution is 7.86. The molecule has 0 aliphatic heterocycles. The number of ether oxygens (including phenoxy) is 1. The molecule has 0 heterocycles. The minimum atomic E-state index is -4.82. The van der Waals surface area contributed by atoms with Crippen molar-refractivity contribution in [2.75, 3.05) is 16.6 Å². The lowest BCUT2D eigenvalue weighted by Crippen LogP contribution is -2.20. The molecule has 0 amide bonds. The number of anilines is 3. The van der Waals surface area contributed by atoms with Crippen LogP contribution in [-0.2, 0) is 20.2 Å². The van der Waals surface area contributed by atoms with E-state index in [1.807, 2.05) is 0 Å². The van der Waals surface area contributed by atoms with Crippen molar-refractivity contribution in [3.8, 4) is 11.5 Å². The number of carbonyl (C=O) groups is 1. The van der Waals surface area contributed by atoms with Crippen LogP contribution in [0.5, 0.6) is 11.5 Å². The number of hydrogen-bond donors (Lipinski definition) is 5. The number of hydrazine groups is 1. The smallest absolute Gasteiger partial charge is 0.298 e. The first-order valence-corrected chi connectivity index (χ1v) is 13.3. The second-order valence-electron chi connectivity index (χ2n) is 8.83. The zero-order valence-electron chi connectivity index (χ0n) is 19.5. The van der Waals surface area contributed by atoms with Gasteiger partial charge in [-0.25, -0.2) is 0 Å². The Kier molecular flexibility index (Phi) is 7.32. The van der Waals surface area contributed by atoms with Crippen LogP contribution in [0.2, 0.25) is 0 Å². The molecule has 3 rings (SSSR count). The monoisotopic (exact) mass is 535 g/mol. The van der Waals surface area contributed by atoms with Crippen molar-refractivity contribution < 1.29 is 35.5 Å². The van der Waals surface area contributed by atoms with Gasteiger partial charge >= 0.3 is 0 Å². The molecule has 6 N–H and O–H groups in total. The van der Waals surface area contributed by atoms with Crippen molar-refractivity contribution in [2.24, 2.45) is 5.41 Å².